The van der Waals surface area contributed by atoms with Crippen molar-refractivity contribution in [3.05, 3.63) is 48.0 Å². The van der Waals surface area contributed by atoms with E-state index in [1.54, 1.807) is 24.3 Å². The predicted octanol–water partition coefficient (Wildman–Crippen LogP) is 2.60. The Hall–Kier alpha value is -2.61. The van der Waals surface area contributed by atoms with Crippen LogP contribution >= 0.6 is 0 Å². The second-order valence-corrected chi connectivity index (χ2v) is 4.95. The fraction of sp³-hybridized carbons (Fsp3) is 0.294. The summed E-state index contributed by atoms with van der Waals surface area (Å²) in [5.41, 5.74) is -3.08. The molecule has 5 nitrogen and oxygen atoms in total. The van der Waals surface area contributed by atoms with Crippen molar-refractivity contribution < 1.29 is 37.3 Å². The average Bonchev–Trinajstić information content (AvgIpc) is 2.59. The molecule has 0 unspecified atom stereocenters. The van der Waals surface area contributed by atoms with E-state index in [1.807, 2.05) is 0 Å². The Bertz CT molecular complexity index is 681. The second-order valence-electron chi connectivity index (χ2n) is 4.95. The van der Waals surface area contributed by atoms with Crippen LogP contribution < -0.4 is 0 Å². The van der Waals surface area contributed by atoms with Crippen LogP contribution in [0.1, 0.15) is 11.1 Å². The molecular weight excluding hydrogens is 341 g/mol. The molecule has 1 rings (SSSR count). The highest BCUT2D eigenvalue weighted by atomic mass is 19.4. The summed E-state index contributed by atoms with van der Waals surface area (Å²) in [6.07, 6.45) is -2.10. The van der Waals surface area contributed by atoms with Crippen LogP contribution in [0.5, 0.6) is 0 Å². The van der Waals surface area contributed by atoms with E-state index >= 15 is 0 Å². The van der Waals surface area contributed by atoms with E-state index in [2.05, 4.69) is 16.1 Å². The Morgan fingerprint density at radius 1 is 1.16 bits per heavy atom. The van der Waals surface area contributed by atoms with Crippen LogP contribution in [0.15, 0.2) is 36.9 Å². The maximum absolute atomic E-state index is 13.4. The molecule has 0 saturated carbocycles. The molecule has 2 atom stereocenters. The van der Waals surface area contributed by atoms with Gasteiger partial charge in [-0.05, 0) is 11.1 Å². The summed E-state index contributed by atoms with van der Waals surface area (Å²) in [7, 11) is 1.51. The molecule has 0 fully saturated rings. The molecule has 0 heterocycles. The molecule has 0 saturated heterocycles. The summed E-state index contributed by atoms with van der Waals surface area (Å²) in [5, 5.41) is 10.0. The standard InChI is InChI=1S/C17H17F3O5/c1-4-11-7-5-6-8-12(11)9-10-13(14(21)24-2)16(23,15(22)25-3)17(18,19)20/h4-10,13,23H,1H2,2-3H3/b10-9+/t13-,16+/m1/s1. The molecule has 0 aliphatic carbocycles. The molecular formula is C17H17F3O5. The highest BCUT2D eigenvalue weighted by Gasteiger charge is 2.67. The number of hydrogen-bond donors (Lipinski definition) is 1. The summed E-state index contributed by atoms with van der Waals surface area (Å²) < 4.78 is 48.4. The summed E-state index contributed by atoms with van der Waals surface area (Å²) >= 11 is 0. The third-order valence-electron chi connectivity index (χ3n) is 3.52. The van der Waals surface area contributed by atoms with E-state index in [0.717, 1.165) is 19.3 Å². The zero-order chi connectivity index (χ0) is 19.3. The Balaban J connectivity index is 3.46. The maximum atomic E-state index is 13.4. The number of alkyl halides is 3. The molecule has 1 aromatic carbocycles. The van der Waals surface area contributed by atoms with Crippen LogP contribution in [0.3, 0.4) is 0 Å². The SMILES string of the molecule is C=Cc1ccccc1/C=C/[C@H](C(=O)OC)[C@](O)(C(=O)OC)C(F)(F)F. The lowest BCUT2D eigenvalue weighted by Gasteiger charge is -2.31. The largest absolute Gasteiger partial charge is 0.468 e. The predicted molar refractivity (Wildman–Crippen MR) is 84.1 cm³/mol. The van der Waals surface area contributed by atoms with Gasteiger partial charge in [-0.25, -0.2) is 4.79 Å². The molecule has 1 N–H and O–H groups in total. The molecule has 0 radical (unpaired) electrons. The minimum atomic E-state index is -5.47. The number of halogens is 3. The van der Waals surface area contributed by atoms with Crippen LogP contribution in [0.25, 0.3) is 12.2 Å². The summed E-state index contributed by atoms with van der Waals surface area (Å²) in [6.45, 7) is 3.57. The lowest BCUT2D eigenvalue weighted by atomic mass is 9.85. The third kappa shape index (κ3) is 4.08. The van der Waals surface area contributed by atoms with Crippen molar-refractivity contribution in [2.75, 3.05) is 14.2 Å². The zero-order valence-corrected chi connectivity index (χ0v) is 13.5. The van der Waals surface area contributed by atoms with Crippen molar-refractivity contribution in [2.24, 2.45) is 5.92 Å². The molecule has 0 bridgehead atoms. The minimum absolute atomic E-state index is 0.431. The number of esters is 2. The Labute approximate surface area is 142 Å². The maximum Gasteiger partial charge on any atom is 0.429 e. The van der Waals surface area contributed by atoms with Gasteiger partial charge in [0.15, 0.2) is 0 Å². The summed E-state index contributed by atoms with van der Waals surface area (Å²) in [6, 6.07) is 6.52. The lowest BCUT2D eigenvalue weighted by Crippen LogP contribution is -2.59. The minimum Gasteiger partial charge on any atom is -0.468 e. The van der Waals surface area contributed by atoms with Gasteiger partial charge in [-0.3, -0.25) is 4.79 Å². The van der Waals surface area contributed by atoms with Crippen molar-refractivity contribution in [1.82, 2.24) is 0 Å². The van der Waals surface area contributed by atoms with E-state index in [4.69, 9.17) is 0 Å². The van der Waals surface area contributed by atoms with Crippen LogP contribution in [0, 0.1) is 5.92 Å². The number of hydrogen-bond acceptors (Lipinski definition) is 5. The van der Waals surface area contributed by atoms with E-state index in [0.29, 0.717) is 18.2 Å². The molecule has 0 aliphatic rings. The Kier molecular flexibility index (Phi) is 6.52. The van der Waals surface area contributed by atoms with Crippen molar-refractivity contribution in [3.8, 4) is 0 Å². The van der Waals surface area contributed by atoms with Crippen LogP contribution in [0.2, 0.25) is 0 Å². The van der Waals surface area contributed by atoms with E-state index < -0.39 is 29.6 Å². The Morgan fingerprint density at radius 2 is 1.72 bits per heavy atom. The first kappa shape index (κ1) is 20.4. The molecule has 0 spiro atoms. The number of rotatable bonds is 6. The van der Waals surface area contributed by atoms with Gasteiger partial charge in [-0.15, -0.1) is 0 Å². The Morgan fingerprint density at radius 3 is 2.16 bits per heavy atom. The van der Waals surface area contributed by atoms with Crippen molar-refractivity contribution in [1.29, 1.82) is 0 Å². The van der Waals surface area contributed by atoms with Crippen molar-refractivity contribution in [3.63, 3.8) is 0 Å². The first-order chi connectivity index (χ1) is 11.6. The van der Waals surface area contributed by atoms with E-state index in [1.165, 1.54) is 6.08 Å². The monoisotopic (exact) mass is 358 g/mol. The van der Waals surface area contributed by atoms with Gasteiger partial charge < -0.3 is 14.6 Å². The van der Waals surface area contributed by atoms with Crippen LogP contribution in [0.4, 0.5) is 13.2 Å². The number of ether oxygens (including phenoxy) is 2. The second kappa shape index (κ2) is 7.98. The topological polar surface area (TPSA) is 72.8 Å². The van der Waals surface area contributed by atoms with Gasteiger partial charge in [0, 0.05) is 0 Å². The molecule has 136 valence electrons. The zero-order valence-electron chi connectivity index (χ0n) is 13.5. The average molecular weight is 358 g/mol. The third-order valence-corrected chi connectivity index (χ3v) is 3.52. The highest BCUT2D eigenvalue weighted by molar-refractivity contribution is 5.90. The van der Waals surface area contributed by atoms with Gasteiger partial charge in [0.2, 0.25) is 0 Å². The summed E-state index contributed by atoms with van der Waals surface area (Å²) in [5.74, 6) is -5.82. The molecule has 25 heavy (non-hydrogen) atoms. The first-order valence-electron chi connectivity index (χ1n) is 6.98. The molecule has 0 amide bonds. The van der Waals surface area contributed by atoms with Crippen molar-refractivity contribution >= 4 is 24.1 Å². The molecule has 0 aromatic heterocycles. The summed E-state index contributed by atoms with van der Waals surface area (Å²) in [4.78, 5) is 23.5. The van der Waals surface area contributed by atoms with Gasteiger partial charge >= 0.3 is 18.1 Å². The molecule has 1 aromatic rings. The number of carbonyl (C=O) groups is 2. The number of methoxy groups -OCH3 is 2. The first-order valence-corrected chi connectivity index (χ1v) is 6.98. The smallest absolute Gasteiger partial charge is 0.429 e. The number of benzene rings is 1. The van der Waals surface area contributed by atoms with E-state index in [9.17, 15) is 27.9 Å². The van der Waals surface area contributed by atoms with E-state index in [-0.39, 0.29) is 0 Å². The highest BCUT2D eigenvalue weighted by Crippen LogP contribution is 2.39. The normalized spacial score (nSPS) is 15.3. The molecule has 0 aliphatic heterocycles. The number of carbonyl (C=O) groups excluding carboxylic acids is 2. The van der Waals surface area contributed by atoms with Gasteiger partial charge in [0.1, 0.15) is 5.92 Å². The fourth-order valence-electron chi connectivity index (χ4n) is 2.14. The number of aliphatic hydroxyl groups is 1. The van der Waals surface area contributed by atoms with Crippen LogP contribution in [-0.4, -0.2) is 43.0 Å². The van der Waals surface area contributed by atoms with Gasteiger partial charge in [-0.1, -0.05) is 49.1 Å². The fourth-order valence-corrected chi connectivity index (χ4v) is 2.14. The van der Waals surface area contributed by atoms with Crippen LogP contribution in [-0.2, 0) is 19.1 Å². The molecule has 8 heteroatoms. The van der Waals surface area contributed by atoms with Crippen molar-refractivity contribution in [2.45, 2.75) is 11.8 Å². The van der Waals surface area contributed by atoms with Gasteiger partial charge in [0.05, 0.1) is 14.2 Å². The van der Waals surface area contributed by atoms with Gasteiger partial charge in [-0.2, -0.15) is 13.2 Å². The lowest BCUT2D eigenvalue weighted by molar-refractivity contribution is -0.273. The quantitative estimate of drug-likeness (QED) is 0.792. The van der Waals surface area contributed by atoms with Gasteiger partial charge in [0.25, 0.3) is 5.60 Å².